The maximum Gasteiger partial charge on any atom is 0.191 e. The van der Waals surface area contributed by atoms with Gasteiger partial charge in [0.05, 0.1) is 32.0 Å². The minimum atomic E-state index is 0.184. The van der Waals surface area contributed by atoms with E-state index in [4.69, 9.17) is 10.5 Å². The number of nitrogens with zero attached hydrogens (tertiary/aromatic N) is 5. The molecule has 1 fully saturated rings. The molecular weight excluding hydrogens is 256 g/mol. The van der Waals surface area contributed by atoms with E-state index in [-0.39, 0.29) is 6.04 Å². The summed E-state index contributed by atoms with van der Waals surface area (Å²) in [5, 5.41) is 4.22. The van der Waals surface area contributed by atoms with Crippen LogP contribution in [0.5, 0.6) is 0 Å². The number of hydrogen-bond donors (Lipinski definition) is 1. The molecule has 0 bridgehead atoms. The van der Waals surface area contributed by atoms with Crippen LogP contribution in [0.3, 0.4) is 0 Å². The molecule has 1 aromatic rings. The van der Waals surface area contributed by atoms with E-state index in [1.165, 1.54) is 0 Å². The Bertz CT molecular complexity index is 449. The maximum absolute atomic E-state index is 6.06. The molecule has 112 valence electrons. The van der Waals surface area contributed by atoms with Crippen LogP contribution < -0.4 is 5.73 Å². The zero-order valence-electron chi connectivity index (χ0n) is 12.5. The van der Waals surface area contributed by atoms with E-state index in [9.17, 15) is 0 Å². The van der Waals surface area contributed by atoms with E-state index in [2.05, 4.69) is 19.9 Å². The molecule has 0 aliphatic carbocycles. The Balaban J connectivity index is 2.01. The summed E-state index contributed by atoms with van der Waals surface area (Å²) in [6.45, 7) is 3.69. The summed E-state index contributed by atoms with van der Waals surface area (Å²) < 4.78 is 7.12. The second-order valence-electron chi connectivity index (χ2n) is 5.23. The summed E-state index contributed by atoms with van der Waals surface area (Å²) >= 11 is 0. The van der Waals surface area contributed by atoms with E-state index in [1.807, 2.05) is 33.5 Å². The highest BCUT2D eigenvalue weighted by atomic mass is 16.5. The largest absolute Gasteiger partial charge is 0.378 e. The van der Waals surface area contributed by atoms with Crippen LogP contribution in [0.15, 0.2) is 17.4 Å². The fraction of sp³-hybridized carbons (Fsp3) is 0.692. The van der Waals surface area contributed by atoms with Crippen LogP contribution in [0.4, 0.5) is 0 Å². The maximum atomic E-state index is 6.06. The Labute approximate surface area is 120 Å². The van der Waals surface area contributed by atoms with Crippen molar-refractivity contribution in [2.45, 2.75) is 6.04 Å². The van der Waals surface area contributed by atoms with Gasteiger partial charge >= 0.3 is 0 Å². The third kappa shape index (κ3) is 3.71. The summed E-state index contributed by atoms with van der Waals surface area (Å²) in [6.07, 6.45) is 3.90. The predicted octanol–water partition coefficient (Wildman–Crippen LogP) is -0.330. The second kappa shape index (κ2) is 6.71. The Morgan fingerprint density at radius 3 is 2.75 bits per heavy atom. The van der Waals surface area contributed by atoms with Crippen LogP contribution in [0.1, 0.15) is 11.6 Å². The molecule has 7 heteroatoms. The van der Waals surface area contributed by atoms with Crippen molar-refractivity contribution in [3.05, 3.63) is 18.0 Å². The molecule has 1 atom stereocenters. The molecule has 0 aromatic carbocycles. The topological polar surface area (TPSA) is 71.9 Å². The SMILES string of the molecule is CN(C)[C@H](CN=C(N)N1CCOCC1)c1cnn(C)c1. The molecule has 1 aliphatic heterocycles. The normalized spacial score (nSPS) is 18.6. The molecule has 0 saturated carbocycles. The minimum Gasteiger partial charge on any atom is -0.378 e. The molecule has 0 spiro atoms. The van der Waals surface area contributed by atoms with Crippen molar-refractivity contribution in [3.8, 4) is 0 Å². The van der Waals surface area contributed by atoms with Crippen LogP contribution in [0, 0.1) is 0 Å². The Kier molecular flexibility index (Phi) is 4.97. The molecule has 0 radical (unpaired) electrons. The van der Waals surface area contributed by atoms with Crippen molar-refractivity contribution < 1.29 is 4.74 Å². The van der Waals surface area contributed by atoms with E-state index in [1.54, 1.807) is 4.68 Å². The monoisotopic (exact) mass is 280 g/mol. The number of guanidine groups is 1. The average molecular weight is 280 g/mol. The quantitative estimate of drug-likeness (QED) is 0.604. The van der Waals surface area contributed by atoms with Crippen LogP contribution in [0.2, 0.25) is 0 Å². The first-order chi connectivity index (χ1) is 9.58. The van der Waals surface area contributed by atoms with Gasteiger partial charge in [-0.2, -0.15) is 5.10 Å². The van der Waals surface area contributed by atoms with E-state index in [0.29, 0.717) is 12.5 Å². The van der Waals surface area contributed by atoms with Gasteiger partial charge in [-0.05, 0) is 14.1 Å². The number of aromatic nitrogens is 2. The molecule has 0 unspecified atom stereocenters. The van der Waals surface area contributed by atoms with Crippen molar-refractivity contribution in [2.24, 2.45) is 17.8 Å². The summed E-state index contributed by atoms with van der Waals surface area (Å²) in [5.74, 6) is 0.601. The summed E-state index contributed by atoms with van der Waals surface area (Å²) in [6, 6.07) is 0.184. The van der Waals surface area contributed by atoms with E-state index in [0.717, 1.165) is 31.9 Å². The molecule has 7 nitrogen and oxygen atoms in total. The van der Waals surface area contributed by atoms with Gasteiger partial charge in [0.15, 0.2) is 5.96 Å². The molecule has 1 saturated heterocycles. The van der Waals surface area contributed by atoms with Crippen molar-refractivity contribution in [1.82, 2.24) is 19.6 Å². The number of aryl methyl sites for hydroxylation is 1. The first-order valence-corrected chi connectivity index (χ1v) is 6.85. The molecule has 2 N–H and O–H groups in total. The van der Waals surface area contributed by atoms with Crippen LogP contribution in [-0.2, 0) is 11.8 Å². The Morgan fingerprint density at radius 2 is 2.20 bits per heavy atom. The van der Waals surface area contributed by atoms with Crippen LogP contribution >= 0.6 is 0 Å². The second-order valence-corrected chi connectivity index (χ2v) is 5.23. The number of nitrogens with two attached hydrogens (primary N) is 1. The smallest absolute Gasteiger partial charge is 0.191 e. The fourth-order valence-corrected chi connectivity index (χ4v) is 2.25. The highest BCUT2D eigenvalue weighted by Gasteiger charge is 2.17. The fourth-order valence-electron chi connectivity index (χ4n) is 2.25. The lowest BCUT2D eigenvalue weighted by Crippen LogP contribution is -2.45. The third-order valence-electron chi connectivity index (χ3n) is 3.49. The number of ether oxygens (including phenoxy) is 1. The molecule has 1 aromatic heterocycles. The van der Waals surface area contributed by atoms with E-state index >= 15 is 0 Å². The van der Waals surface area contributed by atoms with Gasteiger partial charge in [0.1, 0.15) is 0 Å². The molecule has 20 heavy (non-hydrogen) atoms. The predicted molar refractivity (Wildman–Crippen MR) is 78.5 cm³/mol. The standard InChI is InChI=1S/C13H24N6O/c1-17(2)12(11-8-16-18(3)10-11)9-15-13(14)19-4-6-20-7-5-19/h8,10,12H,4-7,9H2,1-3H3,(H2,14,15)/t12-/m1/s1. The number of likely N-dealkylation sites (N-methyl/N-ethyl adjacent to an activating group) is 1. The Hall–Kier alpha value is -1.60. The molecule has 0 amide bonds. The van der Waals surface area contributed by atoms with Gasteiger partial charge in [-0.15, -0.1) is 0 Å². The van der Waals surface area contributed by atoms with Crippen LogP contribution in [-0.4, -0.2) is 72.5 Å². The number of aliphatic imine (C=N–C) groups is 1. The van der Waals surface area contributed by atoms with Crippen molar-refractivity contribution in [2.75, 3.05) is 46.9 Å². The van der Waals surface area contributed by atoms with Gasteiger partial charge in [-0.3, -0.25) is 9.67 Å². The lowest BCUT2D eigenvalue weighted by Gasteiger charge is -2.28. The van der Waals surface area contributed by atoms with E-state index < -0.39 is 0 Å². The molecule has 2 heterocycles. The summed E-state index contributed by atoms with van der Waals surface area (Å²) in [5.41, 5.74) is 7.21. The van der Waals surface area contributed by atoms with Crippen molar-refractivity contribution in [3.63, 3.8) is 0 Å². The first kappa shape index (κ1) is 14.8. The average Bonchev–Trinajstić information content (AvgIpc) is 2.86. The molecule has 2 rings (SSSR count). The number of morpholine rings is 1. The Morgan fingerprint density at radius 1 is 1.50 bits per heavy atom. The number of rotatable bonds is 4. The van der Waals surface area contributed by atoms with Crippen LogP contribution in [0.25, 0.3) is 0 Å². The van der Waals surface area contributed by atoms with Gasteiger partial charge in [0.25, 0.3) is 0 Å². The highest BCUT2D eigenvalue weighted by Crippen LogP contribution is 2.17. The first-order valence-electron chi connectivity index (χ1n) is 6.85. The van der Waals surface area contributed by atoms with Gasteiger partial charge in [0.2, 0.25) is 0 Å². The summed E-state index contributed by atoms with van der Waals surface area (Å²) in [4.78, 5) is 8.74. The summed E-state index contributed by atoms with van der Waals surface area (Å²) in [7, 11) is 6.00. The van der Waals surface area contributed by atoms with Gasteiger partial charge in [0, 0.05) is 31.9 Å². The van der Waals surface area contributed by atoms with Crippen molar-refractivity contribution >= 4 is 5.96 Å². The van der Waals surface area contributed by atoms with Gasteiger partial charge in [-0.25, -0.2) is 0 Å². The lowest BCUT2D eigenvalue weighted by molar-refractivity contribution is 0.0673. The van der Waals surface area contributed by atoms with Gasteiger partial charge in [-0.1, -0.05) is 0 Å². The minimum absolute atomic E-state index is 0.184. The molecular formula is C13H24N6O. The number of hydrogen-bond acceptors (Lipinski definition) is 4. The highest BCUT2D eigenvalue weighted by molar-refractivity contribution is 5.78. The van der Waals surface area contributed by atoms with Crippen molar-refractivity contribution in [1.29, 1.82) is 0 Å². The third-order valence-corrected chi connectivity index (χ3v) is 3.49. The lowest BCUT2D eigenvalue weighted by atomic mass is 10.1. The molecule has 1 aliphatic rings. The zero-order chi connectivity index (χ0) is 14.5. The zero-order valence-corrected chi connectivity index (χ0v) is 12.5. The van der Waals surface area contributed by atoms with Gasteiger partial charge < -0.3 is 20.3 Å².